The molecule has 2 N–H and O–H groups in total. The number of nitrogens with one attached hydrogen (secondary N) is 1. The molecule has 0 radical (unpaired) electrons. The minimum Gasteiger partial charge on any atom is -0.481 e. The van der Waals surface area contributed by atoms with Crippen molar-refractivity contribution in [1.82, 2.24) is 10.5 Å². The van der Waals surface area contributed by atoms with Crippen molar-refractivity contribution in [1.29, 1.82) is 0 Å². The lowest BCUT2D eigenvalue weighted by Gasteiger charge is -2.26. The summed E-state index contributed by atoms with van der Waals surface area (Å²) < 4.78 is 4.84. The highest BCUT2D eigenvalue weighted by molar-refractivity contribution is 6.29. The standard InChI is InChI=1S/C14H19ClN2O4/c1-8-11(13(15)21-17-8)6-7-12(18)16-10-4-2-9(3-5-10)14(19)20/h9-10H,2-7H2,1H3,(H,16,18)(H,19,20). The van der Waals surface area contributed by atoms with Crippen LogP contribution < -0.4 is 5.32 Å². The van der Waals surface area contributed by atoms with Gasteiger partial charge in [-0.3, -0.25) is 9.59 Å². The van der Waals surface area contributed by atoms with Crippen LogP contribution in [0.15, 0.2) is 4.52 Å². The molecular formula is C14H19ClN2O4. The van der Waals surface area contributed by atoms with Gasteiger partial charge in [0.2, 0.25) is 11.1 Å². The summed E-state index contributed by atoms with van der Waals surface area (Å²) in [4.78, 5) is 22.8. The third-order valence-corrected chi connectivity index (χ3v) is 4.28. The summed E-state index contributed by atoms with van der Waals surface area (Å²) in [6.45, 7) is 1.79. The monoisotopic (exact) mass is 314 g/mol. The van der Waals surface area contributed by atoms with Crippen molar-refractivity contribution in [2.45, 2.75) is 51.5 Å². The molecule has 1 aliphatic rings. The van der Waals surface area contributed by atoms with Crippen molar-refractivity contribution in [2.24, 2.45) is 5.92 Å². The first kappa shape index (κ1) is 15.8. The van der Waals surface area contributed by atoms with Crippen molar-refractivity contribution in [3.63, 3.8) is 0 Å². The Hall–Kier alpha value is -1.56. The van der Waals surface area contributed by atoms with Gasteiger partial charge < -0.3 is 14.9 Å². The summed E-state index contributed by atoms with van der Waals surface area (Å²) in [6, 6.07) is 0.0761. The number of carbonyl (C=O) groups excluding carboxylic acids is 1. The Morgan fingerprint density at radius 1 is 1.38 bits per heavy atom. The molecule has 1 aromatic rings. The number of aliphatic carboxylic acids is 1. The normalized spacial score (nSPS) is 22.0. The van der Waals surface area contributed by atoms with Gasteiger partial charge in [0.1, 0.15) is 0 Å². The Kier molecular flexibility index (Phi) is 5.22. The average Bonchev–Trinajstić information content (AvgIpc) is 2.76. The fourth-order valence-electron chi connectivity index (χ4n) is 2.66. The Bertz CT molecular complexity index is 502. The summed E-state index contributed by atoms with van der Waals surface area (Å²) in [7, 11) is 0. The van der Waals surface area contributed by atoms with Crippen molar-refractivity contribution >= 4 is 23.5 Å². The number of aryl methyl sites for hydroxylation is 1. The molecular weight excluding hydrogens is 296 g/mol. The van der Waals surface area contributed by atoms with Gasteiger partial charge in [-0.25, -0.2) is 0 Å². The molecule has 0 bridgehead atoms. The summed E-state index contributed by atoms with van der Waals surface area (Å²) in [5.74, 6) is -1.06. The number of carboxylic acids is 1. The van der Waals surface area contributed by atoms with Crippen molar-refractivity contribution < 1.29 is 19.2 Å². The molecule has 1 aliphatic carbocycles. The highest BCUT2D eigenvalue weighted by Gasteiger charge is 2.26. The number of amides is 1. The first-order valence-corrected chi connectivity index (χ1v) is 7.48. The third kappa shape index (κ3) is 4.20. The van der Waals surface area contributed by atoms with Gasteiger partial charge >= 0.3 is 5.97 Å². The number of hydrogen-bond donors (Lipinski definition) is 2. The number of carboxylic acid groups (broad SMARTS) is 1. The van der Waals surface area contributed by atoms with Crippen LogP contribution in [0, 0.1) is 12.8 Å². The quantitative estimate of drug-likeness (QED) is 0.870. The van der Waals surface area contributed by atoms with Gasteiger partial charge in [0.25, 0.3) is 0 Å². The van der Waals surface area contributed by atoms with Gasteiger partial charge in [-0.05, 0) is 50.6 Å². The van der Waals surface area contributed by atoms with Crippen LogP contribution in [-0.2, 0) is 16.0 Å². The second kappa shape index (κ2) is 6.93. The van der Waals surface area contributed by atoms with Crippen LogP contribution >= 0.6 is 11.6 Å². The fraction of sp³-hybridized carbons (Fsp3) is 0.643. The first-order chi connectivity index (χ1) is 9.97. The zero-order chi connectivity index (χ0) is 15.4. The third-order valence-electron chi connectivity index (χ3n) is 3.98. The molecule has 1 amide bonds. The van der Waals surface area contributed by atoms with E-state index >= 15 is 0 Å². The minimum atomic E-state index is -0.739. The lowest BCUT2D eigenvalue weighted by atomic mass is 9.86. The number of rotatable bonds is 5. The molecule has 116 valence electrons. The summed E-state index contributed by atoms with van der Waals surface area (Å²) >= 11 is 5.85. The molecule has 21 heavy (non-hydrogen) atoms. The van der Waals surface area contributed by atoms with Gasteiger partial charge in [-0.2, -0.15) is 0 Å². The van der Waals surface area contributed by atoms with E-state index in [1.165, 1.54) is 0 Å². The second-order valence-corrected chi connectivity index (χ2v) is 5.82. The molecule has 1 aromatic heterocycles. The number of nitrogens with zero attached hydrogens (tertiary/aromatic N) is 1. The lowest BCUT2D eigenvalue weighted by Crippen LogP contribution is -2.38. The highest BCUT2D eigenvalue weighted by atomic mass is 35.5. The summed E-state index contributed by atoms with van der Waals surface area (Å²) in [6.07, 6.45) is 3.49. The minimum absolute atomic E-state index is 0.0505. The van der Waals surface area contributed by atoms with E-state index in [4.69, 9.17) is 21.2 Å². The van der Waals surface area contributed by atoms with Gasteiger partial charge in [-0.15, -0.1) is 0 Å². The molecule has 2 rings (SSSR count). The Labute approximate surface area is 127 Å². The molecule has 1 saturated carbocycles. The molecule has 0 unspecified atom stereocenters. The topological polar surface area (TPSA) is 92.4 Å². The number of carbonyl (C=O) groups is 2. The van der Waals surface area contributed by atoms with Gasteiger partial charge in [0, 0.05) is 18.0 Å². The maximum atomic E-state index is 11.9. The van der Waals surface area contributed by atoms with Crippen LogP contribution in [0.5, 0.6) is 0 Å². The van der Waals surface area contributed by atoms with Gasteiger partial charge in [0.15, 0.2) is 0 Å². The number of hydrogen-bond acceptors (Lipinski definition) is 4. The Morgan fingerprint density at radius 3 is 2.57 bits per heavy atom. The summed E-state index contributed by atoms with van der Waals surface area (Å²) in [5.41, 5.74) is 1.47. The van der Waals surface area contributed by atoms with E-state index in [1.54, 1.807) is 6.92 Å². The number of aromatic nitrogens is 1. The van der Waals surface area contributed by atoms with E-state index in [1.807, 2.05) is 0 Å². The fourth-order valence-corrected chi connectivity index (χ4v) is 2.93. The van der Waals surface area contributed by atoms with E-state index in [0.29, 0.717) is 31.4 Å². The summed E-state index contributed by atoms with van der Waals surface area (Å²) in [5, 5.41) is 15.9. The maximum Gasteiger partial charge on any atom is 0.306 e. The van der Waals surface area contributed by atoms with Crippen LogP contribution in [0.25, 0.3) is 0 Å². The van der Waals surface area contributed by atoms with E-state index < -0.39 is 5.97 Å². The molecule has 0 spiro atoms. The highest BCUT2D eigenvalue weighted by Crippen LogP contribution is 2.25. The predicted octanol–water partition coefficient (Wildman–Crippen LogP) is 2.33. The number of halogens is 1. The molecule has 0 aromatic carbocycles. The van der Waals surface area contributed by atoms with E-state index in [-0.39, 0.29) is 23.1 Å². The molecule has 6 nitrogen and oxygen atoms in total. The Balaban J connectivity index is 1.74. The molecule has 0 atom stereocenters. The molecule has 0 aliphatic heterocycles. The van der Waals surface area contributed by atoms with Gasteiger partial charge in [0.05, 0.1) is 11.6 Å². The van der Waals surface area contributed by atoms with Crippen molar-refractivity contribution in [2.75, 3.05) is 0 Å². The van der Waals surface area contributed by atoms with Crippen LogP contribution in [-0.4, -0.2) is 28.2 Å². The largest absolute Gasteiger partial charge is 0.481 e. The van der Waals surface area contributed by atoms with Crippen molar-refractivity contribution in [3.05, 3.63) is 16.5 Å². The molecule has 1 heterocycles. The second-order valence-electron chi connectivity index (χ2n) is 5.47. The van der Waals surface area contributed by atoms with E-state index in [2.05, 4.69) is 10.5 Å². The maximum absolute atomic E-state index is 11.9. The molecule has 7 heteroatoms. The van der Waals surface area contributed by atoms with Crippen LogP contribution in [0.1, 0.15) is 43.4 Å². The van der Waals surface area contributed by atoms with Crippen LogP contribution in [0.3, 0.4) is 0 Å². The SMILES string of the molecule is Cc1noc(Cl)c1CCC(=O)NC1CCC(C(=O)O)CC1. The van der Waals surface area contributed by atoms with Crippen LogP contribution in [0.4, 0.5) is 0 Å². The van der Waals surface area contributed by atoms with Crippen LogP contribution in [0.2, 0.25) is 5.22 Å². The first-order valence-electron chi connectivity index (χ1n) is 7.10. The zero-order valence-corrected chi connectivity index (χ0v) is 12.7. The lowest BCUT2D eigenvalue weighted by molar-refractivity contribution is -0.142. The molecule has 0 saturated heterocycles. The Morgan fingerprint density at radius 2 is 2.05 bits per heavy atom. The predicted molar refractivity (Wildman–Crippen MR) is 76.1 cm³/mol. The molecule has 1 fully saturated rings. The van der Waals surface area contributed by atoms with Gasteiger partial charge in [-0.1, -0.05) is 5.16 Å². The smallest absolute Gasteiger partial charge is 0.306 e. The van der Waals surface area contributed by atoms with E-state index in [9.17, 15) is 9.59 Å². The van der Waals surface area contributed by atoms with E-state index in [0.717, 1.165) is 18.4 Å². The van der Waals surface area contributed by atoms with Crippen molar-refractivity contribution in [3.8, 4) is 0 Å². The zero-order valence-electron chi connectivity index (χ0n) is 11.9. The average molecular weight is 315 g/mol.